The average Bonchev–Trinajstić information content (AvgIpc) is 3.27. The lowest BCUT2D eigenvalue weighted by molar-refractivity contribution is -0.122. The van der Waals surface area contributed by atoms with Gasteiger partial charge in [0.25, 0.3) is 0 Å². The van der Waals surface area contributed by atoms with Gasteiger partial charge in [0.2, 0.25) is 5.91 Å². The molecule has 2 saturated carbocycles. The van der Waals surface area contributed by atoms with Crippen LogP contribution in [0.25, 0.3) is 0 Å². The third-order valence-corrected chi connectivity index (χ3v) is 4.84. The number of nitrogens with zero attached hydrogens (tertiary/aromatic N) is 1. The summed E-state index contributed by atoms with van der Waals surface area (Å²) < 4.78 is 0. The Hall–Kier alpha value is -1.38. The zero-order valence-electron chi connectivity index (χ0n) is 10.5. The SMILES string of the molecule is O=C(NCc1cnc2c(c1)CCC2)[C@@H]1CC12CC2. The van der Waals surface area contributed by atoms with Crippen molar-refractivity contribution < 1.29 is 4.79 Å². The first kappa shape index (κ1) is 10.5. The number of pyridine rings is 1. The molecule has 0 bridgehead atoms. The molecule has 1 amide bonds. The van der Waals surface area contributed by atoms with Crippen LogP contribution >= 0.6 is 0 Å². The monoisotopic (exact) mass is 242 g/mol. The van der Waals surface area contributed by atoms with Gasteiger partial charge in [-0.15, -0.1) is 0 Å². The number of nitrogens with one attached hydrogen (secondary N) is 1. The maximum Gasteiger partial charge on any atom is 0.223 e. The molecule has 94 valence electrons. The molecule has 1 N–H and O–H groups in total. The number of fused-ring (bicyclic) bond motifs is 1. The van der Waals surface area contributed by atoms with Crippen LogP contribution in [0.4, 0.5) is 0 Å². The van der Waals surface area contributed by atoms with Gasteiger partial charge in [-0.1, -0.05) is 6.07 Å². The van der Waals surface area contributed by atoms with Crippen LogP contribution in [0, 0.1) is 11.3 Å². The molecule has 1 atom stereocenters. The van der Waals surface area contributed by atoms with Crippen LogP contribution in [0.1, 0.15) is 42.5 Å². The van der Waals surface area contributed by atoms with Crippen molar-refractivity contribution in [1.82, 2.24) is 10.3 Å². The third-order valence-electron chi connectivity index (χ3n) is 4.84. The number of aromatic nitrogens is 1. The number of carbonyl (C=O) groups excluding carboxylic acids is 1. The van der Waals surface area contributed by atoms with Gasteiger partial charge in [-0.2, -0.15) is 0 Å². The fourth-order valence-corrected chi connectivity index (χ4v) is 3.32. The number of aryl methyl sites for hydroxylation is 2. The van der Waals surface area contributed by atoms with Crippen LogP contribution in [-0.4, -0.2) is 10.9 Å². The molecular weight excluding hydrogens is 224 g/mol. The van der Waals surface area contributed by atoms with Gasteiger partial charge in [0.15, 0.2) is 0 Å². The van der Waals surface area contributed by atoms with E-state index in [0.29, 0.717) is 17.9 Å². The van der Waals surface area contributed by atoms with Crippen molar-refractivity contribution in [3.63, 3.8) is 0 Å². The first-order valence-corrected chi connectivity index (χ1v) is 7.01. The second-order valence-electron chi connectivity index (χ2n) is 6.14. The molecule has 4 rings (SSSR count). The van der Waals surface area contributed by atoms with E-state index in [1.54, 1.807) is 0 Å². The minimum absolute atomic E-state index is 0.257. The number of carbonyl (C=O) groups is 1. The van der Waals surface area contributed by atoms with E-state index in [9.17, 15) is 4.79 Å². The fraction of sp³-hybridized carbons (Fsp3) is 0.600. The van der Waals surface area contributed by atoms with Crippen molar-refractivity contribution in [2.45, 2.75) is 45.1 Å². The van der Waals surface area contributed by atoms with E-state index >= 15 is 0 Å². The highest BCUT2D eigenvalue weighted by atomic mass is 16.2. The zero-order chi connectivity index (χ0) is 12.2. The topological polar surface area (TPSA) is 42.0 Å². The molecule has 1 aromatic rings. The summed E-state index contributed by atoms with van der Waals surface area (Å²) in [4.78, 5) is 16.4. The van der Waals surface area contributed by atoms with Gasteiger partial charge in [-0.05, 0) is 55.1 Å². The molecule has 3 aliphatic carbocycles. The van der Waals surface area contributed by atoms with Crippen LogP contribution < -0.4 is 5.32 Å². The first-order valence-electron chi connectivity index (χ1n) is 7.01. The van der Waals surface area contributed by atoms with Crippen molar-refractivity contribution in [3.8, 4) is 0 Å². The Labute approximate surface area is 107 Å². The second kappa shape index (κ2) is 3.56. The van der Waals surface area contributed by atoms with Crippen molar-refractivity contribution in [3.05, 3.63) is 29.1 Å². The van der Waals surface area contributed by atoms with Crippen LogP contribution in [0.2, 0.25) is 0 Å². The summed E-state index contributed by atoms with van der Waals surface area (Å²) in [5.41, 5.74) is 4.24. The van der Waals surface area contributed by atoms with Gasteiger partial charge in [0.05, 0.1) is 0 Å². The largest absolute Gasteiger partial charge is 0.352 e. The zero-order valence-corrected chi connectivity index (χ0v) is 10.5. The molecule has 2 fully saturated rings. The van der Waals surface area contributed by atoms with Crippen LogP contribution in [-0.2, 0) is 24.2 Å². The van der Waals surface area contributed by atoms with Gasteiger partial charge in [-0.25, -0.2) is 0 Å². The van der Waals surface area contributed by atoms with Crippen LogP contribution in [0.5, 0.6) is 0 Å². The van der Waals surface area contributed by atoms with Crippen LogP contribution in [0.15, 0.2) is 12.3 Å². The van der Waals surface area contributed by atoms with Gasteiger partial charge in [-0.3, -0.25) is 9.78 Å². The number of hydrogen-bond acceptors (Lipinski definition) is 2. The maximum absolute atomic E-state index is 11.9. The summed E-state index contributed by atoms with van der Waals surface area (Å²) in [6.45, 7) is 0.645. The number of rotatable bonds is 3. The van der Waals surface area contributed by atoms with Gasteiger partial charge in [0.1, 0.15) is 0 Å². The normalized spacial score (nSPS) is 25.9. The molecule has 1 spiro atoms. The lowest BCUT2D eigenvalue weighted by Gasteiger charge is -2.06. The molecule has 3 heteroatoms. The fourth-order valence-electron chi connectivity index (χ4n) is 3.32. The third kappa shape index (κ3) is 1.64. The molecule has 0 aliphatic heterocycles. The Morgan fingerprint density at radius 3 is 3.11 bits per heavy atom. The highest BCUT2D eigenvalue weighted by Crippen LogP contribution is 2.70. The molecule has 1 heterocycles. The predicted octanol–water partition coefficient (Wildman–Crippen LogP) is 1.99. The highest BCUT2D eigenvalue weighted by molar-refractivity contribution is 5.83. The molecular formula is C15H18N2O. The summed E-state index contributed by atoms with van der Waals surface area (Å²) in [7, 11) is 0. The summed E-state index contributed by atoms with van der Waals surface area (Å²) in [5, 5.41) is 3.07. The summed E-state index contributed by atoms with van der Waals surface area (Å²) >= 11 is 0. The molecule has 18 heavy (non-hydrogen) atoms. The molecule has 0 unspecified atom stereocenters. The smallest absolute Gasteiger partial charge is 0.223 e. The molecule has 0 aromatic carbocycles. The Kier molecular flexibility index (Phi) is 2.08. The quantitative estimate of drug-likeness (QED) is 0.880. The Balaban J connectivity index is 1.38. The van der Waals surface area contributed by atoms with Crippen molar-refractivity contribution in [2.75, 3.05) is 0 Å². The number of amides is 1. The van der Waals surface area contributed by atoms with Crippen molar-refractivity contribution in [2.24, 2.45) is 11.3 Å². The van der Waals surface area contributed by atoms with Gasteiger partial charge < -0.3 is 5.32 Å². The molecule has 3 nitrogen and oxygen atoms in total. The minimum Gasteiger partial charge on any atom is -0.352 e. The molecule has 3 aliphatic rings. The Morgan fingerprint density at radius 2 is 2.33 bits per heavy atom. The average molecular weight is 242 g/mol. The van der Waals surface area contributed by atoms with E-state index < -0.39 is 0 Å². The summed E-state index contributed by atoms with van der Waals surface area (Å²) in [5.74, 6) is 0.577. The Bertz CT molecular complexity index is 519. The van der Waals surface area contributed by atoms with E-state index in [1.165, 1.54) is 30.5 Å². The summed E-state index contributed by atoms with van der Waals surface area (Å²) in [6, 6.07) is 2.22. The number of hydrogen-bond donors (Lipinski definition) is 1. The Morgan fingerprint density at radius 1 is 1.44 bits per heavy atom. The van der Waals surface area contributed by atoms with E-state index in [2.05, 4.69) is 16.4 Å². The minimum atomic E-state index is 0.257. The van der Waals surface area contributed by atoms with E-state index in [0.717, 1.165) is 24.8 Å². The lowest BCUT2D eigenvalue weighted by atomic mass is 10.1. The van der Waals surface area contributed by atoms with Crippen molar-refractivity contribution >= 4 is 5.91 Å². The van der Waals surface area contributed by atoms with E-state index in [4.69, 9.17) is 0 Å². The maximum atomic E-state index is 11.9. The van der Waals surface area contributed by atoms with Gasteiger partial charge in [0, 0.05) is 24.4 Å². The highest BCUT2D eigenvalue weighted by Gasteiger charge is 2.65. The van der Waals surface area contributed by atoms with E-state index in [-0.39, 0.29) is 5.91 Å². The molecule has 1 aromatic heterocycles. The predicted molar refractivity (Wildman–Crippen MR) is 67.9 cm³/mol. The van der Waals surface area contributed by atoms with Gasteiger partial charge >= 0.3 is 0 Å². The van der Waals surface area contributed by atoms with E-state index in [1.807, 2.05) is 6.20 Å². The standard InChI is InChI=1S/C15H18N2O/c18-14(12-7-15(12)4-5-15)17-9-10-6-11-2-1-3-13(11)16-8-10/h6,8,12H,1-5,7,9H2,(H,17,18)/t12-/m0/s1. The van der Waals surface area contributed by atoms with Crippen molar-refractivity contribution in [1.29, 1.82) is 0 Å². The lowest BCUT2D eigenvalue weighted by Crippen LogP contribution is -2.25. The molecule has 0 radical (unpaired) electrons. The van der Waals surface area contributed by atoms with Crippen LogP contribution in [0.3, 0.4) is 0 Å². The summed E-state index contributed by atoms with van der Waals surface area (Å²) in [6.07, 6.45) is 9.08. The second-order valence-corrected chi connectivity index (χ2v) is 6.14. The first-order chi connectivity index (χ1) is 8.77. The molecule has 0 saturated heterocycles.